The molecule has 0 atom stereocenters. The Hall–Kier alpha value is -4.09. The monoisotopic (exact) mass is 548 g/mol. The molecule has 1 fully saturated rings. The van der Waals surface area contributed by atoms with Crippen molar-refractivity contribution in [3.63, 3.8) is 0 Å². The molecule has 4 aromatic carbocycles. The van der Waals surface area contributed by atoms with Crippen LogP contribution in [0.3, 0.4) is 0 Å². The maximum absolute atomic E-state index is 13.0. The summed E-state index contributed by atoms with van der Waals surface area (Å²) in [6, 6.07) is 30.3. The van der Waals surface area contributed by atoms with E-state index < -0.39 is 0 Å². The number of anilines is 1. The van der Waals surface area contributed by atoms with Crippen LogP contribution in [0.5, 0.6) is 0 Å². The summed E-state index contributed by atoms with van der Waals surface area (Å²) in [5.41, 5.74) is 8.22. The molecule has 5 nitrogen and oxygen atoms in total. The van der Waals surface area contributed by atoms with Gasteiger partial charge in [-0.15, -0.1) is 0 Å². The molecule has 2 N–H and O–H groups in total. The highest BCUT2D eigenvalue weighted by Gasteiger charge is 2.22. The largest absolute Gasteiger partial charge is 0.325 e. The number of carbonyl (C=O) groups excluding carboxylic acids is 1. The zero-order valence-electron chi connectivity index (χ0n) is 22.7. The highest BCUT2D eigenvalue weighted by Crippen LogP contribution is 2.32. The zero-order chi connectivity index (χ0) is 27.6. The molecule has 1 aromatic heterocycles. The average molecular weight is 549 g/mol. The van der Waals surface area contributed by atoms with Gasteiger partial charge in [-0.2, -0.15) is 0 Å². The second kappa shape index (κ2) is 11.2. The fraction of sp³-hybridized carbons (Fsp3) is 0.235. The van der Waals surface area contributed by atoms with Crippen LogP contribution in [0.25, 0.3) is 27.8 Å². The fourth-order valence-corrected chi connectivity index (χ4v) is 6.04. The van der Waals surface area contributed by atoms with Crippen molar-refractivity contribution in [3.05, 3.63) is 113 Å². The third-order valence-electron chi connectivity index (χ3n) is 8.01. The predicted molar refractivity (Wildman–Crippen MR) is 163 cm³/mol. The van der Waals surface area contributed by atoms with E-state index in [4.69, 9.17) is 17.0 Å². The summed E-state index contributed by atoms with van der Waals surface area (Å²) in [6.45, 7) is 2.58. The molecule has 0 spiro atoms. The van der Waals surface area contributed by atoms with Gasteiger partial charge in [-0.05, 0) is 73.4 Å². The predicted octanol–water partition coefficient (Wildman–Crippen LogP) is 8.11. The van der Waals surface area contributed by atoms with Crippen LogP contribution in [0.15, 0.2) is 91.0 Å². The number of aryl methyl sites for hydroxylation is 1. The number of rotatable bonds is 6. The van der Waals surface area contributed by atoms with E-state index >= 15 is 0 Å². The van der Waals surface area contributed by atoms with Crippen molar-refractivity contribution in [3.8, 4) is 16.8 Å². The number of fused-ring (bicyclic) bond motifs is 1. The molecule has 6 rings (SSSR count). The smallest absolute Gasteiger partial charge is 0.227 e. The minimum atomic E-state index is 0.0974. The summed E-state index contributed by atoms with van der Waals surface area (Å²) < 4.78 is 3.96. The molecule has 0 unspecified atom stereocenters. The zero-order valence-corrected chi connectivity index (χ0v) is 23.4. The van der Waals surface area contributed by atoms with E-state index in [0.29, 0.717) is 17.2 Å². The second-order valence-corrected chi connectivity index (χ2v) is 11.2. The lowest BCUT2D eigenvalue weighted by Crippen LogP contribution is -2.25. The summed E-state index contributed by atoms with van der Waals surface area (Å²) in [5.74, 6) is 0.224. The molecular weight excluding hydrogens is 516 g/mol. The quantitative estimate of drug-likeness (QED) is 0.221. The highest BCUT2D eigenvalue weighted by atomic mass is 35.5. The number of hydrogen-bond acceptors (Lipinski definition) is 2. The van der Waals surface area contributed by atoms with Gasteiger partial charge in [-0.3, -0.25) is 14.8 Å². The number of carbonyl (C=O) groups is 1. The van der Waals surface area contributed by atoms with Crippen molar-refractivity contribution in [2.24, 2.45) is 5.92 Å². The van der Waals surface area contributed by atoms with Gasteiger partial charge in [0.15, 0.2) is 0 Å². The van der Waals surface area contributed by atoms with Crippen LogP contribution < -0.4 is 10.9 Å². The van der Waals surface area contributed by atoms with Gasteiger partial charge in [0.1, 0.15) is 0 Å². The van der Waals surface area contributed by atoms with Crippen molar-refractivity contribution in [2.45, 2.75) is 45.6 Å². The Labute approximate surface area is 239 Å². The Bertz CT molecular complexity index is 1740. The summed E-state index contributed by atoms with van der Waals surface area (Å²) in [6.07, 6.45) is 5.43. The molecule has 5 aromatic rings. The summed E-state index contributed by atoms with van der Waals surface area (Å²) >= 11 is 6.47. The molecule has 1 saturated carbocycles. The van der Waals surface area contributed by atoms with Crippen molar-refractivity contribution in [1.82, 2.24) is 9.13 Å². The third-order valence-corrected chi connectivity index (χ3v) is 8.38. The summed E-state index contributed by atoms with van der Waals surface area (Å²) in [7, 11) is 0. The lowest BCUT2D eigenvalue weighted by molar-refractivity contribution is -0.120. The topological polar surface area (TPSA) is 62.8 Å². The maximum atomic E-state index is 13.0. The lowest BCUT2D eigenvalue weighted by atomic mass is 9.88. The first-order chi connectivity index (χ1) is 19.5. The van der Waals surface area contributed by atoms with Crippen LogP contribution >= 0.6 is 11.6 Å². The highest BCUT2D eigenvalue weighted by molar-refractivity contribution is 6.31. The Morgan fingerprint density at radius 1 is 0.900 bits per heavy atom. The fourth-order valence-electron chi connectivity index (χ4n) is 5.84. The maximum Gasteiger partial charge on any atom is 0.227 e. The molecule has 6 heteroatoms. The first-order valence-electron chi connectivity index (χ1n) is 14.0. The molecule has 1 heterocycles. The van der Waals surface area contributed by atoms with Crippen molar-refractivity contribution in [2.75, 3.05) is 5.32 Å². The van der Waals surface area contributed by atoms with Gasteiger partial charge in [0.25, 0.3) is 0 Å². The molecule has 1 amide bonds. The Morgan fingerprint density at radius 3 is 2.35 bits per heavy atom. The van der Waals surface area contributed by atoms with E-state index in [9.17, 15) is 4.79 Å². The standard InChI is InChI=1S/C34H33ClN4O/c1-23-15-20-30(37-33(40)25-9-3-2-4-10-25)28(21-23)24-16-18-27(19-17-24)39-32-14-8-7-13-31(32)38(34(39)36)22-26-11-5-6-12-29(26)35/h5-8,11-21,25,36H,2-4,9-10,22H2,1H3,(H,37,40). The van der Waals surface area contributed by atoms with Gasteiger partial charge in [-0.1, -0.05) is 85.0 Å². The third kappa shape index (κ3) is 5.09. The van der Waals surface area contributed by atoms with Gasteiger partial charge in [0.2, 0.25) is 11.5 Å². The van der Waals surface area contributed by atoms with Gasteiger partial charge in [-0.25, -0.2) is 0 Å². The molecule has 202 valence electrons. The van der Waals surface area contributed by atoms with Crippen LogP contribution in [0.1, 0.15) is 43.2 Å². The minimum Gasteiger partial charge on any atom is -0.325 e. The van der Waals surface area contributed by atoms with Gasteiger partial charge in [0, 0.05) is 27.9 Å². The van der Waals surface area contributed by atoms with E-state index in [2.05, 4.69) is 42.6 Å². The molecule has 1 aliphatic rings. The average Bonchev–Trinajstić information content (AvgIpc) is 3.26. The normalized spacial score (nSPS) is 13.9. The van der Waals surface area contributed by atoms with Crippen molar-refractivity contribution < 1.29 is 4.79 Å². The first kappa shape index (κ1) is 26.1. The number of benzene rings is 4. The van der Waals surface area contributed by atoms with E-state index in [-0.39, 0.29) is 11.8 Å². The number of imidazole rings is 1. The van der Waals surface area contributed by atoms with Crippen LogP contribution in [0, 0.1) is 18.3 Å². The van der Waals surface area contributed by atoms with Gasteiger partial charge in [0.05, 0.1) is 17.6 Å². The van der Waals surface area contributed by atoms with Crippen molar-refractivity contribution in [1.29, 1.82) is 5.41 Å². The van der Waals surface area contributed by atoms with E-state index in [1.807, 2.05) is 69.8 Å². The molecule has 0 aliphatic heterocycles. The van der Waals surface area contributed by atoms with Crippen LogP contribution in [-0.4, -0.2) is 15.0 Å². The van der Waals surface area contributed by atoms with E-state index in [1.165, 1.54) is 6.42 Å². The molecule has 40 heavy (non-hydrogen) atoms. The molecular formula is C34H33ClN4O. The second-order valence-electron chi connectivity index (χ2n) is 10.7. The molecule has 0 saturated heterocycles. The number of nitrogens with zero attached hydrogens (tertiary/aromatic N) is 2. The van der Waals surface area contributed by atoms with Crippen LogP contribution in [0.2, 0.25) is 5.02 Å². The molecule has 1 aliphatic carbocycles. The number of nitrogens with one attached hydrogen (secondary N) is 2. The SMILES string of the molecule is Cc1ccc(NC(=O)C2CCCCC2)c(-c2ccc(-n3c(=N)n(Cc4ccccc4Cl)c4ccccc43)cc2)c1. The molecule has 0 bridgehead atoms. The summed E-state index contributed by atoms with van der Waals surface area (Å²) in [5, 5.41) is 13.0. The number of halogens is 1. The van der Waals surface area contributed by atoms with Gasteiger partial charge < -0.3 is 9.88 Å². The summed E-state index contributed by atoms with van der Waals surface area (Å²) in [4.78, 5) is 13.0. The number of amides is 1. The lowest BCUT2D eigenvalue weighted by Gasteiger charge is -2.22. The molecule has 0 radical (unpaired) electrons. The van der Waals surface area contributed by atoms with Crippen LogP contribution in [-0.2, 0) is 11.3 Å². The number of para-hydroxylation sites is 2. The Balaban J connectivity index is 1.35. The number of hydrogen-bond donors (Lipinski definition) is 2. The van der Waals surface area contributed by atoms with Crippen molar-refractivity contribution >= 4 is 34.2 Å². The van der Waals surface area contributed by atoms with Crippen LogP contribution in [0.4, 0.5) is 5.69 Å². The van der Waals surface area contributed by atoms with E-state index in [1.54, 1.807) is 0 Å². The Kier molecular flexibility index (Phi) is 7.31. The minimum absolute atomic E-state index is 0.0974. The van der Waals surface area contributed by atoms with E-state index in [0.717, 1.165) is 70.3 Å². The Morgan fingerprint density at radius 2 is 1.60 bits per heavy atom. The first-order valence-corrected chi connectivity index (χ1v) is 14.4. The number of aromatic nitrogens is 2. The van der Waals surface area contributed by atoms with Gasteiger partial charge >= 0.3 is 0 Å².